The number of aliphatic carboxylic acids is 1. The number of amides is 1. The van der Waals surface area contributed by atoms with Gasteiger partial charge in [0.05, 0.1) is 17.8 Å². The fourth-order valence-corrected chi connectivity index (χ4v) is 3.03. The van der Waals surface area contributed by atoms with E-state index in [9.17, 15) is 14.7 Å². The zero-order valence-electron chi connectivity index (χ0n) is 15.7. The lowest BCUT2D eigenvalue weighted by atomic mass is 9.92. The third-order valence-electron chi connectivity index (χ3n) is 4.66. The SMILES string of the molecule is CC(C(=O)O)(c1ccccc1)n1ncc2c(NNC(=O)c3ccco3)nc(N)nc21. The van der Waals surface area contributed by atoms with Crippen LogP contribution in [-0.4, -0.2) is 36.7 Å². The van der Waals surface area contributed by atoms with Gasteiger partial charge >= 0.3 is 11.9 Å². The Bertz CT molecular complexity index is 1220. The Kier molecular flexibility index (Phi) is 4.54. The van der Waals surface area contributed by atoms with Crippen molar-refractivity contribution in [3.8, 4) is 0 Å². The minimum Gasteiger partial charge on any atom is -0.479 e. The molecule has 11 heteroatoms. The highest BCUT2D eigenvalue weighted by molar-refractivity contribution is 5.94. The van der Waals surface area contributed by atoms with Crippen LogP contribution in [0.25, 0.3) is 11.0 Å². The largest absolute Gasteiger partial charge is 0.479 e. The third-order valence-corrected chi connectivity index (χ3v) is 4.66. The number of carboxylic acid groups (broad SMARTS) is 1. The van der Waals surface area contributed by atoms with E-state index >= 15 is 0 Å². The van der Waals surface area contributed by atoms with E-state index < -0.39 is 17.4 Å². The fourth-order valence-electron chi connectivity index (χ4n) is 3.03. The van der Waals surface area contributed by atoms with Crippen LogP contribution >= 0.6 is 0 Å². The first-order chi connectivity index (χ1) is 14.4. The Balaban J connectivity index is 1.76. The van der Waals surface area contributed by atoms with Crippen LogP contribution in [0.3, 0.4) is 0 Å². The van der Waals surface area contributed by atoms with Crippen LogP contribution in [0, 0.1) is 0 Å². The van der Waals surface area contributed by atoms with Crippen molar-refractivity contribution in [2.75, 3.05) is 11.2 Å². The molecule has 1 aromatic carbocycles. The number of nitrogens with two attached hydrogens (primary N) is 1. The molecular weight excluding hydrogens is 390 g/mol. The summed E-state index contributed by atoms with van der Waals surface area (Å²) in [6.07, 6.45) is 2.77. The number of aromatic nitrogens is 4. The summed E-state index contributed by atoms with van der Waals surface area (Å²) in [5, 5.41) is 14.6. The highest BCUT2D eigenvalue weighted by Gasteiger charge is 2.40. The number of nitrogens with zero attached hydrogens (tertiary/aromatic N) is 4. The number of hydrazine groups is 1. The number of carbonyl (C=O) groups is 2. The van der Waals surface area contributed by atoms with Gasteiger partial charge in [-0.1, -0.05) is 30.3 Å². The standard InChI is InChI=1S/C19H17N7O4/c1-19(17(28)29,11-6-3-2-4-7-11)26-15-12(10-21-26)14(22-18(20)23-15)24-25-16(27)13-8-5-9-30-13/h2-10H,1H3,(H,25,27)(H,28,29)(H3,20,22,23,24). The first-order valence-electron chi connectivity index (χ1n) is 8.81. The van der Waals surface area contributed by atoms with E-state index in [0.717, 1.165) is 0 Å². The zero-order chi connectivity index (χ0) is 21.3. The van der Waals surface area contributed by atoms with Crippen molar-refractivity contribution in [1.82, 2.24) is 25.2 Å². The summed E-state index contributed by atoms with van der Waals surface area (Å²) in [6, 6.07) is 11.7. The highest BCUT2D eigenvalue weighted by Crippen LogP contribution is 2.31. The van der Waals surface area contributed by atoms with Crippen molar-refractivity contribution in [2.24, 2.45) is 0 Å². The van der Waals surface area contributed by atoms with Crippen LogP contribution in [0.5, 0.6) is 0 Å². The molecule has 0 aliphatic heterocycles. The van der Waals surface area contributed by atoms with E-state index in [1.807, 2.05) is 0 Å². The lowest BCUT2D eigenvalue weighted by Crippen LogP contribution is -2.41. The maximum absolute atomic E-state index is 12.3. The molecule has 0 fully saturated rings. The number of rotatable bonds is 6. The van der Waals surface area contributed by atoms with Crippen LogP contribution in [0.1, 0.15) is 23.0 Å². The summed E-state index contributed by atoms with van der Waals surface area (Å²) in [6.45, 7) is 1.52. The van der Waals surface area contributed by atoms with Crippen molar-refractivity contribution in [3.63, 3.8) is 0 Å². The van der Waals surface area contributed by atoms with E-state index in [0.29, 0.717) is 10.9 Å². The monoisotopic (exact) mass is 407 g/mol. The molecule has 0 saturated heterocycles. The molecule has 30 heavy (non-hydrogen) atoms. The predicted octanol–water partition coefficient (Wildman–Crippen LogP) is 1.61. The van der Waals surface area contributed by atoms with Crippen LogP contribution < -0.4 is 16.6 Å². The second-order valence-corrected chi connectivity index (χ2v) is 6.52. The van der Waals surface area contributed by atoms with Gasteiger partial charge in [-0.3, -0.25) is 15.6 Å². The van der Waals surface area contributed by atoms with E-state index in [1.165, 1.54) is 30.1 Å². The number of hydrogen-bond donors (Lipinski definition) is 4. The Morgan fingerprint density at radius 2 is 1.93 bits per heavy atom. The van der Waals surface area contributed by atoms with Crippen LogP contribution in [-0.2, 0) is 10.3 Å². The van der Waals surface area contributed by atoms with Gasteiger partial charge in [0.2, 0.25) is 5.95 Å². The summed E-state index contributed by atoms with van der Waals surface area (Å²) < 4.78 is 6.29. The molecule has 4 rings (SSSR count). The van der Waals surface area contributed by atoms with Gasteiger partial charge in [0, 0.05) is 0 Å². The van der Waals surface area contributed by atoms with Gasteiger partial charge in [-0.15, -0.1) is 0 Å². The van der Waals surface area contributed by atoms with E-state index in [4.69, 9.17) is 10.2 Å². The number of nitrogens with one attached hydrogen (secondary N) is 2. The number of hydrogen-bond acceptors (Lipinski definition) is 8. The van der Waals surface area contributed by atoms with Gasteiger partial charge in [0.15, 0.2) is 22.8 Å². The number of fused-ring (bicyclic) bond motifs is 1. The molecule has 0 aliphatic rings. The average molecular weight is 407 g/mol. The molecule has 1 atom stereocenters. The lowest BCUT2D eigenvalue weighted by Gasteiger charge is -2.26. The minimum absolute atomic E-state index is 0.0963. The molecule has 3 aromatic heterocycles. The number of carbonyl (C=O) groups excluding carboxylic acids is 1. The number of benzene rings is 1. The molecule has 5 N–H and O–H groups in total. The Morgan fingerprint density at radius 3 is 2.60 bits per heavy atom. The first-order valence-corrected chi connectivity index (χ1v) is 8.81. The van der Waals surface area contributed by atoms with Gasteiger partial charge in [-0.2, -0.15) is 15.1 Å². The van der Waals surface area contributed by atoms with Crippen molar-refractivity contribution in [1.29, 1.82) is 0 Å². The molecule has 3 heterocycles. The molecule has 0 saturated carbocycles. The van der Waals surface area contributed by atoms with E-state index in [-0.39, 0.29) is 23.2 Å². The van der Waals surface area contributed by atoms with Crippen molar-refractivity contribution in [2.45, 2.75) is 12.5 Å². The maximum atomic E-state index is 12.3. The predicted molar refractivity (Wildman–Crippen MR) is 106 cm³/mol. The smallest absolute Gasteiger partial charge is 0.336 e. The molecule has 1 amide bonds. The van der Waals surface area contributed by atoms with Gasteiger partial charge in [0.25, 0.3) is 0 Å². The second-order valence-electron chi connectivity index (χ2n) is 6.52. The maximum Gasteiger partial charge on any atom is 0.336 e. The number of carboxylic acids is 1. The zero-order valence-corrected chi connectivity index (χ0v) is 15.7. The molecule has 11 nitrogen and oxygen atoms in total. The number of furan rings is 1. The van der Waals surface area contributed by atoms with Crippen LogP contribution in [0.2, 0.25) is 0 Å². The summed E-state index contributed by atoms with van der Waals surface area (Å²) in [7, 11) is 0. The van der Waals surface area contributed by atoms with Crippen molar-refractivity contribution >= 4 is 34.7 Å². The Morgan fingerprint density at radius 1 is 1.17 bits per heavy atom. The molecule has 0 radical (unpaired) electrons. The molecule has 0 aliphatic carbocycles. The van der Waals surface area contributed by atoms with Gasteiger partial charge in [0.1, 0.15) is 0 Å². The minimum atomic E-state index is -1.56. The summed E-state index contributed by atoms with van der Waals surface area (Å²) in [4.78, 5) is 32.6. The molecule has 0 spiro atoms. The van der Waals surface area contributed by atoms with E-state index in [2.05, 4.69) is 25.9 Å². The quantitative estimate of drug-likeness (QED) is 0.348. The Labute approximate surface area is 169 Å². The Hall–Kier alpha value is -4.41. The number of nitrogen functional groups attached to an aromatic ring is 1. The van der Waals surface area contributed by atoms with Gasteiger partial charge in [-0.25, -0.2) is 9.48 Å². The topological polar surface area (TPSA) is 161 Å². The lowest BCUT2D eigenvalue weighted by molar-refractivity contribution is -0.144. The van der Waals surface area contributed by atoms with E-state index in [1.54, 1.807) is 36.4 Å². The van der Waals surface area contributed by atoms with Gasteiger partial charge < -0.3 is 15.3 Å². The van der Waals surface area contributed by atoms with Crippen molar-refractivity contribution in [3.05, 3.63) is 66.2 Å². The first kappa shape index (κ1) is 18.9. The summed E-state index contributed by atoms with van der Waals surface area (Å²) in [5.74, 6) is -1.53. The highest BCUT2D eigenvalue weighted by atomic mass is 16.4. The third kappa shape index (κ3) is 3.07. The molecular formula is C19H17N7O4. The van der Waals surface area contributed by atoms with Crippen LogP contribution in [0.4, 0.5) is 11.8 Å². The van der Waals surface area contributed by atoms with Gasteiger partial charge in [-0.05, 0) is 24.6 Å². The molecule has 0 bridgehead atoms. The number of anilines is 2. The van der Waals surface area contributed by atoms with Crippen molar-refractivity contribution < 1.29 is 19.1 Å². The average Bonchev–Trinajstić information content (AvgIpc) is 3.42. The fraction of sp³-hybridized carbons (Fsp3) is 0.105. The second kappa shape index (κ2) is 7.20. The summed E-state index contributed by atoms with van der Waals surface area (Å²) >= 11 is 0. The van der Waals surface area contributed by atoms with Crippen LogP contribution in [0.15, 0.2) is 59.3 Å². The molecule has 4 aromatic rings. The summed E-state index contributed by atoms with van der Waals surface area (Å²) in [5.41, 5.74) is 10.1. The molecule has 1 unspecified atom stereocenters. The normalized spacial score (nSPS) is 13.0. The molecule has 152 valence electrons.